The fourth-order valence-electron chi connectivity index (χ4n) is 7.24. The maximum atomic E-state index is 14.5. The number of nitrogens with zero attached hydrogens (tertiary/aromatic N) is 9. The first-order valence-corrected chi connectivity index (χ1v) is 21.0. The quantitative estimate of drug-likeness (QED) is 0.0513. The average Bonchev–Trinajstić information content (AvgIpc) is 3.84. The number of carbonyl (C=O) groups is 3. The van der Waals surface area contributed by atoms with Gasteiger partial charge in [0.15, 0.2) is 17.1 Å². The van der Waals surface area contributed by atoms with E-state index in [1.807, 2.05) is 41.8 Å². The fraction of sp³-hybridized carbons (Fsp3) is 0.341. The average molecular weight is 1040 g/mol. The van der Waals surface area contributed by atoms with E-state index >= 15 is 0 Å². The van der Waals surface area contributed by atoms with E-state index in [0.717, 1.165) is 10.8 Å². The van der Waals surface area contributed by atoms with Gasteiger partial charge in [0.1, 0.15) is 41.4 Å². The molecule has 0 unspecified atom stereocenters. The number of aromatic nitrogens is 6. The number of rotatable bonds is 8. The van der Waals surface area contributed by atoms with Crippen molar-refractivity contribution in [2.45, 2.75) is 32.5 Å². The number of nitrogens with one attached hydrogen (secondary N) is 1. The fourth-order valence-corrected chi connectivity index (χ4v) is 7.85. The summed E-state index contributed by atoms with van der Waals surface area (Å²) in [6.45, 7) is 6.71. The van der Waals surface area contributed by atoms with Crippen LogP contribution in [-0.4, -0.2) is 129 Å². The summed E-state index contributed by atoms with van der Waals surface area (Å²) >= 11 is 17.5. The molecule has 2 aromatic carbocycles. The minimum Gasteiger partial charge on any atom is -1.00 e. The Morgan fingerprint density at radius 3 is 1.81 bits per heavy atom. The van der Waals surface area contributed by atoms with Crippen LogP contribution in [0.5, 0.6) is 11.5 Å². The number of anilines is 4. The van der Waals surface area contributed by atoms with E-state index < -0.39 is 11.6 Å². The van der Waals surface area contributed by atoms with E-state index in [4.69, 9.17) is 65.8 Å². The Kier molecular flexibility index (Phi) is 24.2. The minimum atomic E-state index is -0.419. The van der Waals surface area contributed by atoms with Crippen molar-refractivity contribution in [3.63, 3.8) is 0 Å². The first-order chi connectivity index (χ1) is 31.1. The summed E-state index contributed by atoms with van der Waals surface area (Å²) in [4.78, 5) is 51.4. The summed E-state index contributed by atoms with van der Waals surface area (Å²) in [5.74, 6) is 0.716. The van der Waals surface area contributed by atoms with Crippen LogP contribution in [0.1, 0.15) is 15.3 Å². The Labute approximate surface area is 485 Å². The molecule has 26 heteroatoms. The topological polar surface area (TPSA) is 239 Å². The molecular formula is C41H47Cl3F2K2N12O7. The largest absolute Gasteiger partial charge is 1.00 e. The second kappa shape index (κ2) is 27.9. The molecule has 2 aliphatic rings. The number of alkyl halides is 1. The molecule has 0 spiro atoms. The van der Waals surface area contributed by atoms with Gasteiger partial charge < -0.3 is 52.1 Å². The molecule has 2 atom stereocenters. The first-order valence-electron chi connectivity index (χ1n) is 19.7. The number of carbonyl (C=O) groups excluding carboxylic acids is 3. The van der Waals surface area contributed by atoms with Gasteiger partial charge in [-0.2, -0.15) is 10.2 Å². The van der Waals surface area contributed by atoms with Gasteiger partial charge in [0, 0.05) is 75.9 Å². The van der Waals surface area contributed by atoms with Crippen LogP contribution in [0.15, 0.2) is 60.9 Å². The van der Waals surface area contributed by atoms with Gasteiger partial charge in [0.2, 0.25) is 11.8 Å². The maximum Gasteiger partial charge on any atom is 1.00 e. The maximum absolute atomic E-state index is 14.5. The SMILES string of the molecule is COc1cc(N2CCN(C(=O)CCl)[C@@H](C)C2)c(F)cc1Cl.COc1cc(N2CCN(C(=O)Cn3nc(N)c4cccnc43)[C@@H](C)C2)c(F)cc1Cl.Nc1[nH]nc2ncccc12.O=CO[O-].[H-].[K+].[K+]. The van der Waals surface area contributed by atoms with E-state index in [-0.39, 0.29) is 157 Å². The number of nitrogens with two attached hydrogens (primary N) is 2. The number of benzene rings is 2. The second-order valence-electron chi connectivity index (χ2n) is 14.4. The molecule has 6 heterocycles. The van der Waals surface area contributed by atoms with Crippen molar-refractivity contribution in [3.8, 4) is 11.5 Å². The van der Waals surface area contributed by atoms with Crippen LogP contribution in [-0.2, 0) is 25.8 Å². The van der Waals surface area contributed by atoms with Crippen molar-refractivity contribution < 1.29 is 147 Å². The van der Waals surface area contributed by atoms with Crippen LogP contribution in [0, 0.1) is 11.6 Å². The second-order valence-corrected chi connectivity index (χ2v) is 15.5. The third-order valence-corrected chi connectivity index (χ3v) is 11.2. The van der Waals surface area contributed by atoms with Crippen molar-refractivity contribution in [1.29, 1.82) is 0 Å². The molecule has 8 rings (SSSR count). The van der Waals surface area contributed by atoms with Crippen LogP contribution in [0.3, 0.4) is 0 Å². The molecule has 350 valence electrons. The molecule has 0 bridgehead atoms. The third kappa shape index (κ3) is 14.9. The van der Waals surface area contributed by atoms with Gasteiger partial charge in [-0.1, -0.05) is 23.2 Å². The molecule has 19 nitrogen and oxygen atoms in total. The zero-order valence-electron chi connectivity index (χ0n) is 38.6. The van der Waals surface area contributed by atoms with Gasteiger partial charge in [-0.25, -0.2) is 23.4 Å². The summed E-state index contributed by atoms with van der Waals surface area (Å²) in [6.07, 6.45) is 3.32. The Hall–Kier alpha value is -3.15. The zero-order chi connectivity index (χ0) is 47.4. The van der Waals surface area contributed by atoms with E-state index in [9.17, 15) is 18.4 Å². The summed E-state index contributed by atoms with van der Waals surface area (Å²) < 4.78 is 40.5. The van der Waals surface area contributed by atoms with Crippen LogP contribution < -0.4 is 139 Å². The molecule has 2 amide bonds. The van der Waals surface area contributed by atoms with Crippen molar-refractivity contribution >= 4 is 98.2 Å². The summed E-state index contributed by atoms with van der Waals surface area (Å²) in [5.41, 5.74) is 13.5. The zero-order valence-corrected chi connectivity index (χ0v) is 46.1. The van der Waals surface area contributed by atoms with Crippen LogP contribution in [0.25, 0.3) is 22.1 Å². The predicted octanol–water partition coefficient (Wildman–Crippen LogP) is -1.59. The number of hydrogen-bond acceptors (Lipinski definition) is 15. The number of fused-ring (bicyclic) bond motifs is 2. The van der Waals surface area contributed by atoms with Crippen molar-refractivity contribution in [3.05, 3.63) is 82.6 Å². The number of methoxy groups -OCH3 is 2. The first kappa shape index (κ1) is 58.2. The molecule has 5 N–H and O–H groups in total. The number of aromatic amines is 1. The van der Waals surface area contributed by atoms with Gasteiger partial charge in [-0.3, -0.25) is 19.5 Å². The predicted molar refractivity (Wildman–Crippen MR) is 242 cm³/mol. The smallest absolute Gasteiger partial charge is 1.00 e. The molecule has 4 aromatic heterocycles. The summed E-state index contributed by atoms with van der Waals surface area (Å²) in [7, 11) is 2.98. The molecule has 0 saturated carbocycles. The van der Waals surface area contributed by atoms with Gasteiger partial charge in [-0.05, 0) is 50.2 Å². The van der Waals surface area contributed by atoms with E-state index in [1.165, 1.54) is 31.0 Å². The van der Waals surface area contributed by atoms with Gasteiger partial charge in [0.05, 0.1) is 46.4 Å². The van der Waals surface area contributed by atoms with Crippen molar-refractivity contribution in [2.24, 2.45) is 0 Å². The van der Waals surface area contributed by atoms with E-state index in [2.05, 4.69) is 30.2 Å². The third-order valence-electron chi connectivity index (χ3n) is 10.4. The molecule has 0 aliphatic carbocycles. The number of hydrogen-bond donors (Lipinski definition) is 3. The Morgan fingerprint density at radius 2 is 1.34 bits per heavy atom. The number of H-pyrrole nitrogens is 1. The van der Waals surface area contributed by atoms with Crippen molar-refractivity contribution in [1.82, 2.24) is 39.7 Å². The van der Waals surface area contributed by atoms with E-state index in [1.54, 1.807) is 40.4 Å². The Bertz CT molecular complexity index is 2610. The minimum absolute atomic E-state index is 0. The van der Waals surface area contributed by atoms with Crippen molar-refractivity contribution in [2.75, 3.05) is 80.6 Å². The summed E-state index contributed by atoms with van der Waals surface area (Å²) in [5, 5.41) is 21.2. The van der Waals surface area contributed by atoms with E-state index in [0.29, 0.717) is 85.1 Å². The normalized spacial score (nSPS) is 15.3. The number of ether oxygens (including phenoxy) is 2. The van der Waals surface area contributed by atoms with Gasteiger partial charge in [0.25, 0.3) is 6.47 Å². The standard InChI is InChI=1S/C20H22ClFN6O2.C14H17Cl2FN2O2.C6H6N4.CH2O3.2K.H/c1-12-10-26(16-9-17(30-2)14(21)8-15(16)22)6-7-27(12)18(29)11-28-20-13(19(23)25-28)4-3-5-24-20;1-9-8-18(3-4-19(9)14(20)7-15)12-6-13(21-2)10(16)5-11(12)17;7-5-4-2-1-3-8-6(4)10-9-5;2-1-4-3;;;/h3-5,8-9,12H,6-7,10-11H2,1-2H3,(H2,23,25);5-6,9H,3-4,7-8H2,1-2H3;1-3H,(H3,7,8,9,10);1,3H;;;/q;;;;2*+1;-1/p-1/t12-;9-;;;;;/m00...../s1. The molecule has 0 radical (unpaired) electrons. The monoisotopic (exact) mass is 1040 g/mol. The number of piperazine rings is 2. The number of halogens is 5. The molecule has 2 fully saturated rings. The molecular weight excluding hydrogens is 995 g/mol. The van der Waals surface area contributed by atoms with Crippen LogP contribution in [0.2, 0.25) is 10.0 Å². The van der Waals surface area contributed by atoms with Gasteiger partial charge in [-0.15, -0.1) is 11.6 Å². The number of nitrogen functional groups attached to an aromatic ring is 2. The van der Waals surface area contributed by atoms with Crippen LogP contribution >= 0.6 is 34.8 Å². The van der Waals surface area contributed by atoms with Gasteiger partial charge >= 0.3 is 103 Å². The number of pyridine rings is 2. The Balaban J connectivity index is 0.000000362. The molecule has 2 saturated heterocycles. The van der Waals surface area contributed by atoms with Crippen LogP contribution in [0.4, 0.5) is 31.8 Å². The molecule has 6 aromatic rings. The molecule has 2 aliphatic heterocycles. The number of amides is 2. The summed E-state index contributed by atoms with van der Waals surface area (Å²) in [6, 6.07) is 12.8. The Morgan fingerprint density at radius 1 is 0.851 bits per heavy atom. The molecule has 67 heavy (non-hydrogen) atoms.